The van der Waals surface area contributed by atoms with Crippen molar-refractivity contribution >= 4 is 21.8 Å². The summed E-state index contributed by atoms with van der Waals surface area (Å²) in [4.78, 5) is 14.4. The number of fused-ring (bicyclic) bond motifs is 1. The molecule has 0 bridgehead atoms. The Hall–Kier alpha value is -1.03. The van der Waals surface area contributed by atoms with Crippen LogP contribution >= 0.6 is 11.3 Å². The molecule has 2 rings (SSSR count). The molecule has 0 amide bonds. The number of hydrogen-bond acceptors (Lipinski definition) is 4. The Morgan fingerprint density at radius 3 is 2.40 bits per heavy atom. The molecular formula is C11H15N3S. The topological polar surface area (TPSA) is 38.7 Å². The van der Waals surface area contributed by atoms with Crippen LogP contribution in [0, 0.1) is 0 Å². The predicted octanol–water partition coefficient (Wildman–Crippen LogP) is 3.33. The molecule has 2 aromatic rings. The van der Waals surface area contributed by atoms with Gasteiger partial charge < -0.3 is 0 Å². The van der Waals surface area contributed by atoms with Gasteiger partial charge in [0, 0.05) is 5.92 Å². The Labute approximate surface area is 93.6 Å². The summed E-state index contributed by atoms with van der Waals surface area (Å²) in [6, 6.07) is 0. The lowest BCUT2D eigenvalue weighted by molar-refractivity contribution is 0.817. The van der Waals surface area contributed by atoms with E-state index in [0.717, 1.165) is 21.2 Å². The van der Waals surface area contributed by atoms with Gasteiger partial charge in [0.05, 0.1) is 16.9 Å². The van der Waals surface area contributed by atoms with Crippen LogP contribution in [0.4, 0.5) is 0 Å². The first-order valence-corrected chi connectivity index (χ1v) is 6.03. The largest absolute Gasteiger partial charge is 0.240 e. The third-order valence-electron chi connectivity index (χ3n) is 2.24. The lowest BCUT2D eigenvalue weighted by atomic mass is 10.1. The molecule has 0 fully saturated rings. The maximum atomic E-state index is 4.51. The van der Waals surface area contributed by atoms with Crippen molar-refractivity contribution in [1.29, 1.82) is 0 Å². The van der Waals surface area contributed by atoms with Gasteiger partial charge in [-0.2, -0.15) is 0 Å². The summed E-state index contributed by atoms with van der Waals surface area (Å²) in [6.45, 7) is 8.51. The van der Waals surface area contributed by atoms with E-state index in [0.29, 0.717) is 11.8 Å². The monoisotopic (exact) mass is 221 g/mol. The van der Waals surface area contributed by atoms with Crippen molar-refractivity contribution in [3.63, 3.8) is 0 Å². The zero-order valence-electron chi connectivity index (χ0n) is 9.48. The van der Waals surface area contributed by atoms with Crippen molar-refractivity contribution in [2.24, 2.45) is 0 Å². The maximum Gasteiger partial charge on any atom is 0.190 e. The minimum atomic E-state index is 0.408. The number of nitrogens with zero attached hydrogens (tertiary/aromatic N) is 3. The molecule has 0 saturated heterocycles. The number of hydrogen-bond donors (Lipinski definition) is 0. The molecule has 0 N–H and O–H groups in total. The lowest BCUT2D eigenvalue weighted by Gasteiger charge is -2.01. The highest BCUT2D eigenvalue weighted by Crippen LogP contribution is 2.25. The van der Waals surface area contributed by atoms with Crippen LogP contribution in [0.3, 0.4) is 0 Å². The zero-order valence-corrected chi connectivity index (χ0v) is 10.3. The van der Waals surface area contributed by atoms with E-state index < -0.39 is 0 Å². The molecule has 0 aliphatic heterocycles. The molecule has 0 aliphatic carbocycles. The van der Waals surface area contributed by atoms with Gasteiger partial charge in [0.1, 0.15) is 0 Å². The van der Waals surface area contributed by atoms with E-state index in [-0.39, 0.29) is 0 Å². The fraction of sp³-hybridized carbons (Fsp3) is 0.545. The van der Waals surface area contributed by atoms with E-state index in [9.17, 15) is 0 Å². The highest BCUT2D eigenvalue weighted by molar-refractivity contribution is 7.18. The van der Waals surface area contributed by atoms with E-state index in [4.69, 9.17) is 0 Å². The van der Waals surface area contributed by atoms with E-state index in [1.165, 1.54) is 0 Å². The summed E-state index contributed by atoms with van der Waals surface area (Å²) < 4.78 is 0. The van der Waals surface area contributed by atoms with Gasteiger partial charge in [-0.25, -0.2) is 15.0 Å². The van der Waals surface area contributed by atoms with Crippen LogP contribution in [0.25, 0.3) is 10.5 Å². The first-order valence-electron chi connectivity index (χ1n) is 5.21. The highest BCUT2D eigenvalue weighted by Gasteiger charge is 2.11. The Kier molecular flexibility index (Phi) is 2.69. The molecule has 0 radical (unpaired) electrons. The third-order valence-corrected chi connectivity index (χ3v) is 3.50. The molecule has 2 heterocycles. The number of aromatic nitrogens is 3. The van der Waals surface area contributed by atoms with Crippen LogP contribution < -0.4 is 0 Å². The Morgan fingerprint density at radius 1 is 1.07 bits per heavy atom. The fourth-order valence-corrected chi connectivity index (χ4v) is 2.13. The molecule has 0 aliphatic rings. The quantitative estimate of drug-likeness (QED) is 0.780. The molecule has 3 nitrogen and oxygen atoms in total. The summed E-state index contributed by atoms with van der Waals surface area (Å²) >= 11 is 1.64. The zero-order chi connectivity index (χ0) is 11.0. The van der Waals surface area contributed by atoms with Gasteiger partial charge in [0.15, 0.2) is 10.5 Å². The average Bonchev–Trinajstić information content (AvgIpc) is 2.59. The summed E-state index contributed by atoms with van der Waals surface area (Å²) in [5.41, 5.74) is 1.82. The average molecular weight is 221 g/mol. The second-order valence-corrected chi connectivity index (χ2v) is 5.29. The molecule has 4 heteroatoms. The van der Waals surface area contributed by atoms with Crippen molar-refractivity contribution in [3.8, 4) is 0 Å². The molecule has 0 saturated carbocycles. The summed E-state index contributed by atoms with van der Waals surface area (Å²) in [6.07, 6.45) is 1.86. The number of rotatable bonds is 2. The normalized spacial score (nSPS) is 11.9. The van der Waals surface area contributed by atoms with Crippen LogP contribution in [0.1, 0.15) is 50.2 Å². The predicted molar refractivity (Wildman–Crippen MR) is 63.4 cm³/mol. The SMILES string of the molecule is CC(C)c1cnc2sc(C(C)C)nc2n1. The molecule has 15 heavy (non-hydrogen) atoms. The second-order valence-electron chi connectivity index (χ2n) is 4.29. The van der Waals surface area contributed by atoms with E-state index in [1.54, 1.807) is 11.3 Å². The van der Waals surface area contributed by atoms with E-state index in [2.05, 4.69) is 42.6 Å². The standard InChI is InChI=1S/C11H15N3S/c1-6(2)8-5-12-11-9(13-8)14-10(15-11)7(3)4/h5-7H,1-4H3. The van der Waals surface area contributed by atoms with Crippen LogP contribution in [-0.4, -0.2) is 15.0 Å². The fourth-order valence-electron chi connectivity index (χ4n) is 1.28. The van der Waals surface area contributed by atoms with Gasteiger partial charge in [0.2, 0.25) is 0 Å². The van der Waals surface area contributed by atoms with Crippen LogP contribution in [0.5, 0.6) is 0 Å². The smallest absolute Gasteiger partial charge is 0.190 e. The van der Waals surface area contributed by atoms with Crippen LogP contribution in [0.2, 0.25) is 0 Å². The van der Waals surface area contributed by atoms with Crippen LogP contribution in [0.15, 0.2) is 6.20 Å². The van der Waals surface area contributed by atoms with E-state index >= 15 is 0 Å². The van der Waals surface area contributed by atoms with Crippen LogP contribution in [-0.2, 0) is 0 Å². The van der Waals surface area contributed by atoms with Gasteiger partial charge in [-0.1, -0.05) is 39.0 Å². The lowest BCUT2D eigenvalue weighted by Crippen LogP contribution is -1.94. The van der Waals surface area contributed by atoms with Crippen molar-refractivity contribution in [3.05, 3.63) is 16.9 Å². The van der Waals surface area contributed by atoms with Gasteiger partial charge in [0.25, 0.3) is 0 Å². The molecule has 0 atom stereocenters. The van der Waals surface area contributed by atoms with Gasteiger partial charge in [-0.15, -0.1) is 0 Å². The van der Waals surface area contributed by atoms with Crippen molar-refractivity contribution < 1.29 is 0 Å². The number of thiazole rings is 1. The molecule has 0 aromatic carbocycles. The summed E-state index contributed by atoms with van der Waals surface area (Å²) in [5, 5.41) is 1.12. The minimum absolute atomic E-state index is 0.408. The van der Waals surface area contributed by atoms with Gasteiger partial charge in [-0.3, -0.25) is 0 Å². The Bertz CT molecular complexity index is 468. The van der Waals surface area contributed by atoms with Gasteiger partial charge in [-0.05, 0) is 5.92 Å². The molecule has 0 spiro atoms. The van der Waals surface area contributed by atoms with E-state index in [1.807, 2.05) is 6.20 Å². The third kappa shape index (κ3) is 2.00. The Morgan fingerprint density at radius 2 is 1.80 bits per heavy atom. The summed E-state index contributed by atoms with van der Waals surface area (Å²) in [7, 11) is 0. The first kappa shape index (κ1) is 10.5. The minimum Gasteiger partial charge on any atom is -0.240 e. The first-order chi connectivity index (χ1) is 7.08. The highest BCUT2D eigenvalue weighted by atomic mass is 32.1. The van der Waals surface area contributed by atoms with Gasteiger partial charge >= 0.3 is 0 Å². The molecule has 0 unspecified atom stereocenters. The van der Waals surface area contributed by atoms with Crippen molar-refractivity contribution in [2.45, 2.75) is 39.5 Å². The van der Waals surface area contributed by atoms with Crippen molar-refractivity contribution in [2.75, 3.05) is 0 Å². The maximum absolute atomic E-state index is 4.51. The van der Waals surface area contributed by atoms with Crippen molar-refractivity contribution in [1.82, 2.24) is 15.0 Å². The molecule has 2 aromatic heterocycles. The molecule has 80 valence electrons. The molecular weight excluding hydrogens is 206 g/mol. The summed E-state index contributed by atoms with van der Waals surface area (Å²) in [5.74, 6) is 0.861. The second kappa shape index (κ2) is 3.85. The Balaban J connectivity index is 2.52.